The van der Waals surface area contributed by atoms with Crippen LogP contribution >= 0.6 is 11.6 Å². The van der Waals surface area contributed by atoms with Crippen molar-refractivity contribution in [2.45, 2.75) is 32.4 Å². The summed E-state index contributed by atoms with van der Waals surface area (Å²) >= 11 is 6.30. The number of hydrogen-bond acceptors (Lipinski definition) is 3. The van der Waals surface area contributed by atoms with Gasteiger partial charge in [-0.25, -0.2) is 0 Å². The van der Waals surface area contributed by atoms with Gasteiger partial charge in [0.25, 0.3) is 0 Å². The third-order valence-electron chi connectivity index (χ3n) is 4.05. The molecule has 1 aliphatic heterocycles. The second kappa shape index (κ2) is 7.08. The minimum Gasteiger partial charge on any atom is -0.305 e. The molecular weight excluding hydrogens is 270 g/mol. The Morgan fingerprint density at radius 3 is 2.85 bits per heavy atom. The van der Waals surface area contributed by atoms with E-state index in [-0.39, 0.29) is 0 Å². The van der Waals surface area contributed by atoms with Gasteiger partial charge in [0.1, 0.15) is 0 Å². The van der Waals surface area contributed by atoms with Gasteiger partial charge in [-0.2, -0.15) is 5.26 Å². The summed E-state index contributed by atoms with van der Waals surface area (Å²) in [5, 5.41) is 9.60. The summed E-state index contributed by atoms with van der Waals surface area (Å²) < 4.78 is 0. The van der Waals surface area contributed by atoms with Crippen LogP contribution in [0.15, 0.2) is 18.2 Å². The average molecular weight is 292 g/mol. The Labute approximate surface area is 126 Å². The van der Waals surface area contributed by atoms with E-state index in [9.17, 15) is 0 Å². The van der Waals surface area contributed by atoms with Crippen LogP contribution in [0, 0.1) is 11.3 Å². The molecule has 1 saturated heterocycles. The molecule has 3 nitrogen and oxygen atoms in total. The highest BCUT2D eigenvalue weighted by Crippen LogP contribution is 2.22. The van der Waals surface area contributed by atoms with Crippen molar-refractivity contribution in [3.63, 3.8) is 0 Å². The number of rotatable bonds is 3. The van der Waals surface area contributed by atoms with E-state index < -0.39 is 0 Å². The molecule has 1 unspecified atom stereocenters. The zero-order valence-corrected chi connectivity index (χ0v) is 13.0. The lowest BCUT2D eigenvalue weighted by atomic mass is 10.1. The highest BCUT2D eigenvalue weighted by atomic mass is 35.5. The van der Waals surface area contributed by atoms with Crippen LogP contribution in [-0.2, 0) is 6.54 Å². The van der Waals surface area contributed by atoms with Gasteiger partial charge in [-0.1, -0.05) is 24.6 Å². The van der Waals surface area contributed by atoms with E-state index in [1.54, 1.807) is 6.07 Å². The van der Waals surface area contributed by atoms with Crippen LogP contribution in [0.2, 0.25) is 5.02 Å². The Kier molecular flexibility index (Phi) is 5.42. The lowest BCUT2D eigenvalue weighted by Gasteiger charge is -2.30. The molecule has 1 atom stereocenters. The summed E-state index contributed by atoms with van der Waals surface area (Å²) in [7, 11) is 2.20. The summed E-state index contributed by atoms with van der Waals surface area (Å²) in [5.74, 6) is 0. The smallest absolute Gasteiger partial charge is 0.0992 e. The van der Waals surface area contributed by atoms with Crippen molar-refractivity contribution in [1.29, 1.82) is 5.26 Å². The highest BCUT2D eigenvalue weighted by Gasteiger charge is 2.22. The minimum absolute atomic E-state index is 0.578. The second-order valence-electron chi connectivity index (χ2n) is 5.57. The quantitative estimate of drug-likeness (QED) is 0.857. The fourth-order valence-electron chi connectivity index (χ4n) is 2.85. The van der Waals surface area contributed by atoms with Crippen LogP contribution in [0.5, 0.6) is 0 Å². The monoisotopic (exact) mass is 291 g/mol. The molecular formula is C16H22ClN3. The molecule has 0 saturated carbocycles. The van der Waals surface area contributed by atoms with Gasteiger partial charge in [0, 0.05) is 30.7 Å². The normalized spacial score (nSPS) is 21.4. The van der Waals surface area contributed by atoms with Gasteiger partial charge in [0.15, 0.2) is 0 Å². The van der Waals surface area contributed by atoms with Crippen LogP contribution in [0.3, 0.4) is 0 Å². The van der Waals surface area contributed by atoms with E-state index in [2.05, 4.69) is 29.8 Å². The second-order valence-corrected chi connectivity index (χ2v) is 5.97. The van der Waals surface area contributed by atoms with E-state index in [1.165, 1.54) is 6.42 Å². The third-order valence-corrected chi connectivity index (χ3v) is 4.40. The van der Waals surface area contributed by atoms with Gasteiger partial charge >= 0.3 is 0 Å². The Hall–Kier alpha value is -1.08. The number of hydrogen-bond donors (Lipinski definition) is 0. The van der Waals surface area contributed by atoms with Gasteiger partial charge in [-0.05, 0) is 44.1 Å². The fourth-order valence-corrected chi connectivity index (χ4v) is 3.09. The summed E-state index contributed by atoms with van der Waals surface area (Å²) in [6, 6.07) is 8.31. The summed E-state index contributed by atoms with van der Waals surface area (Å²) in [5.41, 5.74) is 1.75. The molecule has 2 rings (SSSR count). The topological polar surface area (TPSA) is 30.3 Å². The lowest BCUT2D eigenvalue weighted by molar-refractivity contribution is 0.176. The molecule has 20 heavy (non-hydrogen) atoms. The number of benzene rings is 1. The maximum atomic E-state index is 8.90. The molecule has 1 aromatic rings. The van der Waals surface area contributed by atoms with Gasteiger partial charge in [-0.15, -0.1) is 0 Å². The van der Waals surface area contributed by atoms with Crippen molar-refractivity contribution in [1.82, 2.24) is 9.80 Å². The van der Waals surface area contributed by atoms with E-state index in [0.29, 0.717) is 16.6 Å². The van der Waals surface area contributed by atoms with Crippen LogP contribution in [0.1, 0.15) is 30.9 Å². The van der Waals surface area contributed by atoms with Crippen molar-refractivity contribution >= 4 is 11.6 Å². The molecule has 1 heterocycles. The van der Waals surface area contributed by atoms with Crippen LogP contribution < -0.4 is 0 Å². The Balaban J connectivity index is 2.13. The molecule has 0 radical (unpaired) electrons. The fraction of sp³-hybridized carbons (Fsp3) is 0.562. The number of nitrogens with zero attached hydrogens (tertiary/aromatic N) is 3. The Morgan fingerprint density at radius 2 is 2.20 bits per heavy atom. The van der Waals surface area contributed by atoms with Gasteiger partial charge in [-0.3, -0.25) is 4.90 Å². The van der Waals surface area contributed by atoms with Crippen LogP contribution in [0.4, 0.5) is 0 Å². The van der Waals surface area contributed by atoms with Crippen LogP contribution in [0.25, 0.3) is 0 Å². The maximum Gasteiger partial charge on any atom is 0.0992 e. The molecule has 1 aromatic carbocycles. The molecule has 0 spiro atoms. The predicted octanol–water partition coefficient (Wildman–Crippen LogP) is 3.13. The summed E-state index contributed by atoms with van der Waals surface area (Å²) in [6.45, 7) is 6.51. The first-order valence-corrected chi connectivity index (χ1v) is 7.63. The van der Waals surface area contributed by atoms with Crippen molar-refractivity contribution in [3.05, 3.63) is 34.3 Å². The number of nitriles is 1. The van der Waals surface area contributed by atoms with Gasteiger partial charge in [0.2, 0.25) is 0 Å². The van der Waals surface area contributed by atoms with Crippen molar-refractivity contribution in [2.75, 3.05) is 26.7 Å². The van der Waals surface area contributed by atoms with Gasteiger partial charge in [0.05, 0.1) is 11.6 Å². The van der Waals surface area contributed by atoms with Crippen molar-refractivity contribution < 1.29 is 0 Å². The zero-order chi connectivity index (χ0) is 14.5. The van der Waals surface area contributed by atoms with Crippen molar-refractivity contribution in [3.8, 4) is 6.07 Å². The highest BCUT2D eigenvalue weighted by molar-refractivity contribution is 6.31. The van der Waals surface area contributed by atoms with Crippen LogP contribution in [-0.4, -0.2) is 42.5 Å². The average Bonchev–Trinajstić information content (AvgIpc) is 2.62. The summed E-state index contributed by atoms with van der Waals surface area (Å²) in [4.78, 5) is 4.94. The first-order valence-electron chi connectivity index (χ1n) is 7.25. The predicted molar refractivity (Wildman–Crippen MR) is 82.8 cm³/mol. The SMILES string of the molecule is CCC1CN(C)CCCN1Cc1ccc(C#N)cc1Cl. The largest absolute Gasteiger partial charge is 0.305 e. The number of likely N-dealkylation sites (N-methyl/N-ethyl adjacent to an activating group) is 1. The molecule has 1 aliphatic rings. The minimum atomic E-state index is 0.578. The first-order chi connectivity index (χ1) is 9.63. The molecule has 0 aliphatic carbocycles. The third kappa shape index (κ3) is 3.73. The van der Waals surface area contributed by atoms with E-state index in [1.807, 2.05) is 12.1 Å². The molecule has 0 amide bonds. The molecule has 4 heteroatoms. The Bertz CT molecular complexity index is 495. The first kappa shape index (κ1) is 15.3. The molecule has 1 fully saturated rings. The Morgan fingerprint density at radius 1 is 1.40 bits per heavy atom. The molecule has 0 bridgehead atoms. The van der Waals surface area contributed by atoms with Crippen molar-refractivity contribution in [2.24, 2.45) is 0 Å². The van der Waals surface area contributed by atoms with E-state index >= 15 is 0 Å². The molecule has 0 N–H and O–H groups in total. The lowest BCUT2D eigenvalue weighted by Crippen LogP contribution is -2.39. The maximum absolute atomic E-state index is 8.90. The molecule has 108 valence electrons. The number of halogens is 1. The van der Waals surface area contributed by atoms with E-state index in [0.717, 1.165) is 38.2 Å². The molecule has 0 aromatic heterocycles. The van der Waals surface area contributed by atoms with E-state index in [4.69, 9.17) is 16.9 Å². The standard InChI is InChI=1S/C16H22ClN3/c1-3-15-12-19(2)7-4-8-20(15)11-14-6-5-13(10-18)9-16(14)17/h5-6,9,15H,3-4,7-8,11-12H2,1-2H3. The van der Waals surface area contributed by atoms with Gasteiger partial charge < -0.3 is 4.90 Å². The summed E-state index contributed by atoms with van der Waals surface area (Å²) in [6.07, 6.45) is 2.35. The zero-order valence-electron chi connectivity index (χ0n) is 12.3.